The average molecular weight is 741 g/mol. The van der Waals surface area contributed by atoms with Gasteiger partial charge < -0.3 is 9.80 Å². The maximum atomic E-state index is 2.36. The van der Waals surface area contributed by atoms with E-state index in [9.17, 15) is 0 Å². The van der Waals surface area contributed by atoms with E-state index in [1.54, 1.807) is 0 Å². The topological polar surface area (TPSA) is 6.48 Å². The molecule has 2 nitrogen and oxygen atoms in total. The first-order chi connectivity index (χ1) is 28.8. The second-order valence-electron chi connectivity index (χ2n) is 14.6. The number of para-hydroxylation sites is 2. The van der Waals surface area contributed by atoms with Crippen molar-refractivity contribution in [3.8, 4) is 33.4 Å². The van der Waals surface area contributed by atoms with Crippen LogP contribution in [0.4, 0.5) is 34.1 Å². The fraction of sp³-hybridized carbons (Fsp3) is 0. The molecule has 10 rings (SSSR count). The van der Waals surface area contributed by atoms with Gasteiger partial charge in [0, 0.05) is 33.8 Å². The molecule has 0 spiro atoms. The molecular weight excluding hydrogens is 701 g/mol. The summed E-state index contributed by atoms with van der Waals surface area (Å²) in [7, 11) is 0. The maximum absolute atomic E-state index is 2.36. The van der Waals surface area contributed by atoms with Crippen LogP contribution in [-0.4, -0.2) is 0 Å². The molecule has 0 aliphatic carbocycles. The Balaban J connectivity index is 1.03. The fourth-order valence-corrected chi connectivity index (χ4v) is 8.14. The minimum atomic E-state index is 1.10. The third-order valence-corrected chi connectivity index (χ3v) is 11.0. The second-order valence-corrected chi connectivity index (χ2v) is 14.6. The molecule has 0 unspecified atom stereocenters. The van der Waals surface area contributed by atoms with Crippen LogP contribution < -0.4 is 9.80 Å². The Morgan fingerprint density at radius 3 is 1.07 bits per heavy atom. The van der Waals surface area contributed by atoms with E-state index in [-0.39, 0.29) is 0 Å². The van der Waals surface area contributed by atoms with Crippen molar-refractivity contribution in [2.75, 3.05) is 9.80 Å². The Kier molecular flexibility index (Phi) is 9.27. The molecule has 0 N–H and O–H groups in total. The summed E-state index contributed by atoms with van der Waals surface area (Å²) in [6.07, 6.45) is 0. The summed E-state index contributed by atoms with van der Waals surface area (Å²) in [5.41, 5.74) is 13.9. The Morgan fingerprint density at radius 2 is 0.586 bits per heavy atom. The molecule has 0 aliphatic heterocycles. The Bertz CT molecular complexity index is 2820. The Morgan fingerprint density at radius 1 is 0.207 bits per heavy atom. The number of benzene rings is 10. The van der Waals surface area contributed by atoms with Crippen molar-refractivity contribution in [3.05, 3.63) is 243 Å². The lowest BCUT2D eigenvalue weighted by Crippen LogP contribution is -2.10. The quantitative estimate of drug-likeness (QED) is 0.136. The predicted molar refractivity (Wildman–Crippen MR) is 247 cm³/mol. The minimum absolute atomic E-state index is 1.10. The molecule has 0 atom stereocenters. The van der Waals surface area contributed by atoms with Gasteiger partial charge in [0.15, 0.2) is 0 Å². The molecule has 10 aromatic rings. The number of hydrogen-bond donors (Lipinski definition) is 0. The fourth-order valence-electron chi connectivity index (χ4n) is 8.14. The highest BCUT2D eigenvalue weighted by molar-refractivity contribution is 6.13. The van der Waals surface area contributed by atoms with E-state index in [0.29, 0.717) is 0 Å². The van der Waals surface area contributed by atoms with E-state index < -0.39 is 0 Å². The summed E-state index contributed by atoms with van der Waals surface area (Å²) in [5, 5.41) is 4.90. The SMILES string of the molecule is c1ccc(-c2ccc(N(c3ccc(-c4ccccc4)cc3)c3ccc(-c4ccc5ccc6c(N(c7ccccc7)c7ccccc7)cccc6c5c4)cc3)cc2)cc1. The van der Waals surface area contributed by atoms with Crippen molar-refractivity contribution < 1.29 is 0 Å². The lowest BCUT2D eigenvalue weighted by molar-refractivity contribution is 1.28. The first-order valence-corrected chi connectivity index (χ1v) is 19.8. The van der Waals surface area contributed by atoms with E-state index in [4.69, 9.17) is 0 Å². The van der Waals surface area contributed by atoms with Crippen LogP contribution in [0.15, 0.2) is 243 Å². The molecule has 0 bridgehead atoms. The number of hydrogen-bond acceptors (Lipinski definition) is 2. The lowest BCUT2D eigenvalue weighted by atomic mass is 9.96. The lowest BCUT2D eigenvalue weighted by Gasteiger charge is -2.27. The second kappa shape index (κ2) is 15.5. The standard InChI is InChI=1S/C56H40N2/c1-5-14-41(15-6-1)43-26-33-50(34-27-43)57(51-35-28-44(29-36-51)42-16-7-2-8-17-42)52-37-30-45(31-38-52)47-25-24-46-32-39-54-53(55(46)40-47)22-13-23-56(54)58(48-18-9-3-10-19-48)49-20-11-4-12-21-49/h1-40H. The molecular formula is C56H40N2. The summed E-state index contributed by atoms with van der Waals surface area (Å²) in [6, 6.07) is 87.2. The average Bonchev–Trinajstić information content (AvgIpc) is 3.31. The van der Waals surface area contributed by atoms with Gasteiger partial charge in [-0.25, -0.2) is 0 Å². The van der Waals surface area contributed by atoms with Crippen LogP contribution in [0.25, 0.3) is 54.9 Å². The highest BCUT2D eigenvalue weighted by atomic mass is 15.1. The molecule has 0 aliphatic rings. The molecule has 58 heavy (non-hydrogen) atoms. The normalized spacial score (nSPS) is 11.1. The maximum Gasteiger partial charge on any atom is 0.0540 e. The zero-order chi connectivity index (χ0) is 38.7. The number of nitrogens with zero attached hydrogens (tertiary/aromatic N) is 2. The highest BCUT2D eigenvalue weighted by Crippen LogP contribution is 2.42. The van der Waals surface area contributed by atoms with Crippen LogP contribution in [-0.2, 0) is 0 Å². The number of anilines is 6. The van der Waals surface area contributed by atoms with Crippen molar-refractivity contribution in [1.82, 2.24) is 0 Å². The van der Waals surface area contributed by atoms with Crippen LogP contribution in [0, 0.1) is 0 Å². The third-order valence-electron chi connectivity index (χ3n) is 11.0. The summed E-state index contributed by atoms with van der Waals surface area (Å²) in [5.74, 6) is 0. The first-order valence-electron chi connectivity index (χ1n) is 19.8. The largest absolute Gasteiger partial charge is 0.311 e. The molecule has 0 aromatic heterocycles. The zero-order valence-corrected chi connectivity index (χ0v) is 32.0. The third kappa shape index (κ3) is 6.78. The molecule has 0 saturated heterocycles. The van der Waals surface area contributed by atoms with E-state index in [2.05, 4.69) is 252 Å². The van der Waals surface area contributed by atoms with E-state index >= 15 is 0 Å². The minimum Gasteiger partial charge on any atom is -0.311 e. The molecule has 0 heterocycles. The number of fused-ring (bicyclic) bond motifs is 3. The van der Waals surface area contributed by atoms with Crippen molar-refractivity contribution in [2.45, 2.75) is 0 Å². The summed E-state index contributed by atoms with van der Waals surface area (Å²) in [6.45, 7) is 0. The van der Waals surface area contributed by atoms with Crippen LogP contribution in [0.5, 0.6) is 0 Å². The first kappa shape index (κ1) is 34.8. The van der Waals surface area contributed by atoms with E-state index in [0.717, 1.165) is 34.1 Å². The summed E-state index contributed by atoms with van der Waals surface area (Å²) >= 11 is 0. The Labute approximate surface area is 340 Å². The van der Waals surface area contributed by atoms with Crippen molar-refractivity contribution in [2.24, 2.45) is 0 Å². The van der Waals surface area contributed by atoms with Crippen molar-refractivity contribution in [3.63, 3.8) is 0 Å². The van der Waals surface area contributed by atoms with Crippen LogP contribution in [0.1, 0.15) is 0 Å². The predicted octanol–water partition coefficient (Wildman–Crippen LogP) is 15.9. The zero-order valence-electron chi connectivity index (χ0n) is 32.0. The molecule has 10 aromatic carbocycles. The van der Waals surface area contributed by atoms with Crippen LogP contribution in [0.2, 0.25) is 0 Å². The summed E-state index contributed by atoms with van der Waals surface area (Å²) < 4.78 is 0. The van der Waals surface area contributed by atoms with Crippen LogP contribution in [0.3, 0.4) is 0 Å². The van der Waals surface area contributed by atoms with E-state index in [1.165, 1.54) is 54.9 Å². The van der Waals surface area contributed by atoms with Crippen LogP contribution >= 0.6 is 0 Å². The smallest absolute Gasteiger partial charge is 0.0540 e. The van der Waals surface area contributed by atoms with Gasteiger partial charge in [0.05, 0.1) is 5.69 Å². The molecule has 2 heteroatoms. The Hall–Kier alpha value is -7.68. The monoisotopic (exact) mass is 740 g/mol. The van der Waals surface area contributed by atoms with Gasteiger partial charge in [-0.3, -0.25) is 0 Å². The van der Waals surface area contributed by atoms with Gasteiger partial charge in [-0.2, -0.15) is 0 Å². The molecule has 0 amide bonds. The van der Waals surface area contributed by atoms with E-state index in [1.807, 2.05) is 0 Å². The van der Waals surface area contributed by atoms with Crippen molar-refractivity contribution in [1.29, 1.82) is 0 Å². The molecule has 0 fully saturated rings. The van der Waals surface area contributed by atoms with Gasteiger partial charge in [-0.15, -0.1) is 0 Å². The van der Waals surface area contributed by atoms with Gasteiger partial charge in [-0.05, 0) is 122 Å². The van der Waals surface area contributed by atoms with Gasteiger partial charge in [0.2, 0.25) is 0 Å². The van der Waals surface area contributed by atoms with Gasteiger partial charge >= 0.3 is 0 Å². The molecule has 274 valence electrons. The van der Waals surface area contributed by atoms with Gasteiger partial charge in [0.25, 0.3) is 0 Å². The van der Waals surface area contributed by atoms with Gasteiger partial charge in [-0.1, -0.05) is 170 Å². The van der Waals surface area contributed by atoms with Crippen molar-refractivity contribution >= 4 is 55.7 Å². The summed E-state index contributed by atoms with van der Waals surface area (Å²) in [4.78, 5) is 4.70. The number of rotatable bonds is 9. The van der Waals surface area contributed by atoms with Gasteiger partial charge in [0.1, 0.15) is 0 Å². The highest BCUT2D eigenvalue weighted by Gasteiger charge is 2.17. The molecule has 0 saturated carbocycles. The molecule has 0 radical (unpaired) electrons.